The van der Waals surface area contributed by atoms with E-state index in [9.17, 15) is 18.4 Å². The van der Waals surface area contributed by atoms with Gasteiger partial charge in [-0.25, -0.2) is 8.78 Å². The smallest absolute Gasteiger partial charge is 0.223 e. The normalized spacial score (nSPS) is 22.2. The van der Waals surface area contributed by atoms with Crippen LogP contribution in [-0.2, 0) is 16.1 Å². The van der Waals surface area contributed by atoms with Crippen molar-refractivity contribution >= 4 is 17.4 Å². The second-order valence-electron chi connectivity index (χ2n) is 10.5. The summed E-state index contributed by atoms with van der Waals surface area (Å²) in [7, 11) is 0. The van der Waals surface area contributed by atoms with Gasteiger partial charge in [-0.05, 0) is 68.0 Å². The van der Waals surface area contributed by atoms with Gasteiger partial charge in [-0.1, -0.05) is 6.07 Å². The molecule has 0 saturated carbocycles. The highest BCUT2D eigenvalue weighted by atomic mass is 19.1. The monoisotopic (exact) mass is 506 g/mol. The average Bonchev–Trinajstić information content (AvgIpc) is 3.29. The Morgan fingerprint density at radius 1 is 1.14 bits per heavy atom. The number of carbonyl (C=O) groups is 2. The molecule has 5 rings (SSSR count). The molecule has 1 saturated heterocycles. The minimum atomic E-state index is -0.589. The molecular weight excluding hydrogens is 474 g/mol. The van der Waals surface area contributed by atoms with Crippen LogP contribution in [0.1, 0.15) is 43.0 Å². The summed E-state index contributed by atoms with van der Waals surface area (Å²) in [5.74, 6) is -1.39. The van der Waals surface area contributed by atoms with Crippen LogP contribution in [0.4, 0.5) is 8.78 Å². The van der Waals surface area contributed by atoms with Crippen molar-refractivity contribution in [1.29, 1.82) is 0 Å². The summed E-state index contributed by atoms with van der Waals surface area (Å²) in [6.45, 7) is 6.42. The molecule has 1 aromatic heterocycles. The van der Waals surface area contributed by atoms with Gasteiger partial charge in [-0.3, -0.25) is 24.5 Å². The summed E-state index contributed by atoms with van der Waals surface area (Å²) < 4.78 is 28.6. The molecule has 1 fully saturated rings. The number of hydrogen-bond donors (Lipinski definition) is 0. The highest BCUT2D eigenvalue weighted by Gasteiger charge is 2.34. The predicted molar refractivity (Wildman–Crippen MR) is 137 cm³/mol. The molecule has 8 heteroatoms. The van der Waals surface area contributed by atoms with E-state index in [1.807, 2.05) is 28.9 Å². The van der Waals surface area contributed by atoms with Gasteiger partial charge >= 0.3 is 0 Å². The number of likely N-dealkylation sites (tertiary alicyclic amines) is 1. The Labute approximate surface area is 216 Å². The standard InChI is InChI=1S/C29H32F2N4O2/c1-18-10-21(6-8-32-18)29-24-17-35(9-7-22(24)13-33-29)28(37)12-20-11-23(19(2)36)15-34(14-20)16-25-26(30)4-3-5-27(25)31/h3-6,8,10,20,23H,7,9,11-17H2,1-2H3. The molecule has 0 aliphatic carbocycles. The van der Waals surface area contributed by atoms with Gasteiger partial charge in [0.05, 0.1) is 12.3 Å². The number of carbonyl (C=O) groups excluding carboxylic acids is 2. The van der Waals surface area contributed by atoms with Crippen LogP contribution in [0.5, 0.6) is 0 Å². The number of Topliss-reactive ketones (excluding diaryl/α,β-unsaturated/α-hetero) is 1. The second kappa shape index (κ2) is 10.6. The molecule has 3 aliphatic rings. The van der Waals surface area contributed by atoms with Crippen LogP contribution in [0, 0.1) is 30.4 Å². The molecule has 1 amide bonds. The van der Waals surface area contributed by atoms with Gasteiger partial charge in [0, 0.05) is 68.1 Å². The van der Waals surface area contributed by atoms with E-state index in [4.69, 9.17) is 4.99 Å². The Morgan fingerprint density at radius 3 is 2.65 bits per heavy atom. The van der Waals surface area contributed by atoms with E-state index in [2.05, 4.69) is 4.98 Å². The minimum absolute atomic E-state index is 0.00618. The second-order valence-corrected chi connectivity index (χ2v) is 10.5. The number of nitrogens with zero attached hydrogens (tertiary/aromatic N) is 4. The van der Waals surface area contributed by atoms with Crippen molar-refractivity contribution in [3.63, 3.8) is 0 Å². The average molecular weight is 507 g/mol. The lowest BCUT2D eigenvalue weighted by Gasteiger charge is -2.38. The third kappa shape index (κ3) is 5.54. The molecule has 1 aromatic carbocycles. The first kappa shape index (κ1) is 25.4. The van der Waals surface area contributed by atoms with E-state index in [1.165, 1.54) is 23.8 Å². The Bertz CT molecular complexity index is 1270. The Kier molecular flexibility index (Phi) is 7.29. The van der Waals surface area contributed by atoms with Crippen molar-refractivity contribution in [2.45, 2.75) is 39.7 Å². The number of piperidine rings is 1. The molecule has 0 radical (unpaired) electrons. The lowest BCUT2D eigenvalue weighted by Crippen LogP contribution is -2.45. The molecule has 3 aliphatic heterocycles. The first-order valence-electron chi connectivity index (χ1n) is 12.9. The van der Waals surface area contributed by atoms with Crippen molar-refractivity contribution < 1.29 is 18.4 Å². The Morgan fingerprint density at radius 2 is 1.92 bits per heavy atom. The van der Waals surface area contributed by atoms with Gasteiger partial charge in [-0.2, -0.15) is 0 Å². The highest BCUT2D eigenvalue weighted by molar-refractivity contribution is 6.15. The lowest BCUT2D eigenvalue weighted by molar-refractivity contribution is -0.133. The van der Waals surface area contributed by atoms with Crippen molar-refractivity contribution in [3.8, 4) is 0 Å². The molecule has 0 spiro atoms. The molecule has 2 aromatic rings. The lowest BCUT2D eigenvalue weighted by atomic mass is 9.84. The SMILES string of the molecule is CC(=O)C1CC(CC(=O)N2CCC3=C(C2)C(c2ccnc(C)c2)=NC3)CN(Cc2c(F)cccc2F)C1. The number of aryl methyl sites for hydroxylation is 1. The van der Waals surface area contributed by atoms with Crippen LogP contribution in [0.25, 0.3) is 0 Å². The molecule has 0 bridgehead atoms. The number of halogens is 2. The molecule has 6 nitrogen and oxygen atoms in total. The predicted octanol–water partition coefficient (Wildman–Crippen LogP) is 4.12. The first-order valence-corrected chi connectivity index (χ1v) is 12.9. The number of hydrogen-bond acceptors (Lipinski definition) is 5. The molecule has 194 valence electrons. The van der Waals surface area contributed by atoms with E-state index in [1.54, 1.807) is 13.1 Å². The zero-order valence-electron chi connectivity index (χ0n) is 21.3. The summed E-state index contributed by atoms with van der Waals surface area (Å²) in [5, 5.41) is 0. The topological polar surface area (TPSA) is 65.9 Å². The van der Waals surface area contributed by atoms with Crippen molar-refractivity contribution in [2.24, 2.45) is 16.8 Å². The number of aromatic nitrogens is 1. The molecule has 2 unspecified atom stereocenters. The fourth-order valence-electron chi connectivity index (χ4n) is 5.82. The summed E-state index contributed by atoms with van der Waals surface area (Å²) in [5.41, 5.74) is 5.33. The zero-order valence-corrected chi connectivity index (χ0v) is 21.3. The molecule has 37 heavy (non-hydrogen) atoms. The molecule has 0 N–H and O–H groups in total. The van der Waals surface area contributed by atoms with Crippen molar-refractivity contribution in [1.82, 2.24) is 14.8 Å². The van der Waals surface area contributed by atoms with E-state index >= 15 is 0 Å². The Balaban J connectivity index is 1.26. The summed E-state index contributed by atoms with van der Waals surface area (Å²) in [4.78, 5) is 38.6. The largest absolute Gasteiger partial charge is 0.338 e. The first-order chi connectivity index (χ1) is 17.8. The maximum Gasteiger partial charge on any atom is 0.223 e. The van der Waals surface area contributed by atoms with E-state index in [-0.39, 0.29) is 35.6 Å². The molecule has 4 heterocycles. The minimum Gasteiger partial charge on any atom is -0.338 e. The van der Waals surface area contributed by atoms with Crippen LogP contribution >= 0.6 is 0 Å². The maximum absolute atomic E-state index is 14.3. The van der Waals surface area contributed by atoms with Crippen LogP contribution in [-0.4, -0.2) is 64.9 Å². The van der Waals surface area contributed by atoms with E-state index < -0.39 is 11.6 Å². The van der Waals surface area contributed by atoms with Gasteiger partial charge in [0.1, 0.15) is 17.4 Å². The summed E-state index contributed by atoms with van der Waals surface area (Å²) in [6, 6.07) is 7.82. The van der Waals surface area contributed by atoms with Crippen LogP contribution in [0.15, 0.2) is 52.7 Å². The number of amides is 1. The molecule has 2 atom stereocenters. The quantitative estimate of drug-likeness (QED) is 0.591. The van der Waals surface area contributed by atoms with Gasteiger partial charge in [0.25, 0.3) is 0 Å². The van der Waals surface area contributed by atoms with Gasteiger partial charge in [0.2, 0.25) is 5.91 Å². The third-order valence-corrected chi connectivity index (χ3v) is 7.79. The fourth-order valence-corrected chi connectivity index (χ4v) is 5.82. The van der Waals surface area contributed by atoms with E-state index in [0.717, 1.165) is 29.0 Å². The molecular formula is C29H32F2N4O2. The summed E-state index contributed by atoms with van der Waals surface area (Å²) in [6.07, 6.45) is 3.51. The maximum atomic E-state index is 14.3. The number of ketones is 1. The van der Waals surface area contributed by atoms with Crippen LogP contribution in [0.2, 0.25) is 0 Å². The highest BCUT2D eigenvalue weighted by Crippen LogP contribution is 2.31. The number of pyridine rings is 1. The summed E-state index contributed by atoms with van der Waals surface area (Å²) >= 11 is 0. The number of rotatable bonds is 6. The van der Waals surface area contributed by atoms with E-state index in [0.29, 0.717) is 45.6 Å². The van der Waals surface area contributed by atoms with Crippen molar-refractivity contribution in [2.75, 3.05) is 32.7 Å². The van der Waals surface area contributed by atoms with Gasteiger partial charge < -0.3 is 4.90 Å². The van der Waals surface area contributed by atoms with Gasteiger partial charge in [0.15, 0.2) is 0 Å². The van der Waals surface area contributed by atoms with Crippen LogP contribution in [0.3, 0.4) is 0 Å². The van der Waals surface area contributed by atoms with Gasteiger partial charge in [-0.15, -0.1) is 0 Å². The third-order valence-electron chi connectivity index (χ3n) is 7.79. The fraction of sp³-hybridized carbons (Fsp3) is 0.448. The number of benzene rings is 1. The van der Waals surface area contributed by atoms with Crippen LogP contribution < -0.4 is 0 Å². The number of aliphatic imine (C=N–C) groups is 1. The van der Waals surface area contributed by atoms with Crippen molar-refractivity contribution in [3.05, 3.63) is 76.1 Å². The Hall–Kier alpha value is -3.26. The zero-order chi connectivity index (χ0) is 26.1.